The number of aromatic nitrogens is 1. The van der Waals surface area contributed by atoms with Crippen molar-refractivity contribution in [1.29, 1.82) is 0 Å². The second-order valence-electron chi connectivity index (χ2n) is 4.99. The lowest BCUT2D eigenvalue weighted by molar-refractivity contribution is 0.340. The molecule has 1 atom stereocenters. The molecule has 0 aliphatic heterocycles. The number of hydrogen-bond donors (Lipinski definition) is 1. The predicted octanol–water partition coefficient (Wildman–Crippen LogP) is 3.97. The first-order valence-electron chi connectivity index (χ1n) is 7.01. The molecule has 1 unspecified atom stereocenters. The maximum absolute atomic E-state index is 5.48. The van der Waals surface area contributed by atoms with Crippen molar-refractivity contribution in [2.45, 2.75) is 32.7 Å². The Balaban J connectivity index is 2.22. The van der Waals surface area contributed by atoms with Crippen LogP contribution in [-0.4, -0.2) is 18.6 Å². The smallest absolute Gasteiger partial charge is 0.119 e. The zero-order valence-corrected chi connectivity index (χ0v) is 13.3. The Hall–Kier alpha value is -1.39. The second-order valence-corrected chi connectivity index (χ2v) is 5.88. The quantitative estimate of drug-likeness (QED) is 0.874. The molecule has 0 fully saturated rings. The minimum absolute atomic E-state index is 0.142. The average Bonchev–Trinajstić information content (AvgIpc) is 2.92. The van der Waals surface area contributed by atoms with E-state index in [2.05, 4.69) is 36.7 Å². The standard InChI is InChI=1S/C16H22N2OS/c1-5-19-13-8-6-12(7-9-13)15(17-4)16-18-14(10-20-16)11(2)3/h6-11,15,17H,5H2,1-4H3. The van der Waals surface area contributed by atoms with Crippen LogP contribution >= 0.6 is 11.3 Å². The molecule has 2 aromatic rings. The van der Waals surface area contributed by atoms with Crippen molar-refractivity contribution < 1.29 is 4.74 Å². The molecule has 0 spiro atoms. The van der Waals surface area contributed by atoms with Gasteiger partial charge in [0.25, 0.3) is 0 Å². The Morgan fingerprint density at radius 3 is 2.45 bits per heavy atom. The monoisotopic (exact) mass is 290 g/mol. The van der Waals surface area contributed by atoms with Crippen LogP contribution in [0.5, 0.6) is 5.75 Å². The van der Waals surface area contributed by atoms with Gasteiger partial charge in [0, 0.05) is 5.38 Å². The van der Waals surface area contributed by atoms with E-state index < -0.39 is 0 Å². The van der Waals surface area contributed by atoms with Gasteiger partial charge in [-0.2, -0.15) is 0 Å². The van der Waals surface area contributed by atoms with E-state index in [1.54, 1.807) is 11.3 Å². The molecule has 1 aromatic heterocycles. The molecule has 4 heteroatoms. The van der Waals surface area contributed by atoms with Crippen LogP contribution in [0.1, 0.15) is 49.0 Å². The maximum atomic E-state index is 5.48. The molecule has 108 valence electrons. The fourth-order valence-corrected chi connectivity index (χ4v) is 3.17. The maximum Gasteiger partial charge on any atom is 0.119 e. The van der Waals surface area contributed by atoms with Crippen molar-refractivity contribution >= 4 is 11.3 Å². The Bertz CT molecular complexity index is 534. The van der Waals surface area contributed by atoms with Gasteiger partial charge < -0.3 is 10.1 Å². The van der Waals surface area contributed by atoms with E-state index in [0.717, 1.165) is 16.5 Å². The molecule has 0 aliphatic rings. The molecule has 1 N–H and O–H groups in total. The molecule has 2 rings (SSSR count). The van der Waals surface area contributed by atoms with Crippen molar-refractivity contribution in [3.05, 3.63) is 45.9 Å². The fourth-order valence-electron chi connectivity index (χ4n) is 2.05. The molecule has 0 saturated carbocycles. The van der Waals surface area contributed by atoms with E-state index in [1.807, 2.05) is 26.1 Å². The Labute approximate surface area is 125 Å². The molecule has 0 amide bonds. The third kappa shape index (κ3) is 3.38. The van der Waals surface area contributed by atoms with Crippen LogP contribution in [0.25, 0.3) is 0 Å². The lowest BCUT2D eigenvalue weighted by atomic mass is 10.1. The summed E-state index contributed by atoms with van der Waals surface area (Å²) in [6, 6.07) is 8.37. The Kier molecular flexibility index (Phi) is 5.15. The predicted molar refractivity (Wildman–Crippen MR) is 84.7 cm³/mol. The molecule has 0 radical (unpaired) electrons. The Morgan fingerprint density at radius 2 is 1.95 bits per heavy atom. The number of benzene rings is 1. The van der Waals surface area contributed by atoms with E-state index in [1.165, 1.54) is 5.56 Å². The van der Waals surface area contributed by atoms with Gasteiger partial charge in [0.15, 0.2) is 0 Å². The van der Waals surface area contributed by atoms with E-state index in [0.29, 0.717) is 12.5 Å². The molecule has 0 aliphatic carbocycles. The first-order chi connectivity index (χ1) is 9.65. The van der Waals surface area contributed by atoms with Crippen LogP contribution < -0.4 is 10.1 Å². The van der Waals surface area contributed by atoms with Gasteiger partial charge >= 0.3 is 0 Å². The van der Waals surface area contributed by atoms with Gasteiger partial charge in [0.2, 0.25) is 0 Å². The molecule has 1 aromatic carbocycles. The molecular weight excluding hydrogens is 268 g/mol. The summed E-state index contributed by atoms with van der Waals surface area (Å²) in [4.78, 5) is 4.74. The van der Waals surface area contributed by atoms with Crippen LogP contribution in [-0.2, 0) is 0 Å². The summed E-state index contributed by atoms with van der Waals surface area (Å²) in [6.45, 7) is 7.03. The number of nitrogens with one attached hydrogen (secondary N) is 1. The van der Waals surface area contributed by atoms with E-state index >= 15 is 0 Å². The van der Waals surface area contributed by atoms with Gasteiger partial charge in [-0.15, -0.1) is 11.3 Å². The highest BCUT2D eigenvalue weighted by Crippen LogP contribution is 2.28. The minimum atomic E-state index is 0.142. The molecule has 1 heterocycles. The van der Waals surface area contributed by atoms with Crippen molar-refractivity contribution in [2.24, 2.45) is 0 Å². The number of rotatable bonds is 6. The summed E-state index contributed by atoms with van der Waals surface area (Å²) >= 11 is 1.71. The van der Waals surface area contributed by atoms with Gasteiger partial charge in [0.05, 0.1) is 18.3 Å². The van der Waals surface area contributed by atoms with Crippen molar-refractivity contribution in [2.75, 3.05) is 13.7 Å². The van der Waals surface area contributed by atoms with Crippen LogP contribution in [0, 0.1) is 0 Å². The van der Waals surface area contributed by atoms with Gasteiger partial charge in [-0.05, 0) is 37.6 Å². The molecule has 20 heavy (non-hydrogen) atoms. The van der Waals surface area contributed by atoms with Crippen LogP contribution in [0.15, 0.2) is 29.6 Å². The summed E-state index contributed by atoms with van der Waals surface area (Å²) < 4.78 is 5.48. The molecule has 0 bridgehead atoms. The topological polar surface area (TPSA) is 34.1 Å². The zero-order valence-electron chi connectivity index (χ0n) is 12.5. The van der Waals surface area contributed by atoms with Gasteiger partial charge in [0.1, 0.15) is 10.8 Å². The van der Waals surface area contributed by atoms with Crippen molar-refractivity contribution in [3.63, 3.8) is 0 Å². The molecule has 0 saturated heterocycles. The highest BCUT2D eigenvalue weighted by atomic mass is 32.1. The van der Waals surface area contributed by atoms with Gasteiger partial charge in [-0.25, -0.2) is 4.98 Å². The lowest BCUT2D eigenvalue weighted by Crippen LogP contribution is -2.17. The van der Waals surface area contributed by atoms with Gasteiger partial charge in [-0.3, -0.25) is 0 Å². The van der Waals surface area contributed by atoms with Crippen LogP contribution in [0.3, 0.4) is 0 Å². The SMILES string of the molecule is CCOc1ccc(C(NC)c2nc(C(C)C)cs2)cc1. The largest absolute Gasteiger partial charge is 0.494 e. The average molecular weight is 290 g/mol. The number of nitrogens with zero attached hydrogens (tertiary/aromatic N) is 1. The lowest BCUT2D eigenvalue weighted by Gasteiger charge is -2.14. The first kappa shape index (κ1) is 15.0. The highest BCUT2D eigenvalue weighted by molar-refractivity contribution is 7.09. The third-order valence-electron chi connectivity index (χ3n) is 3.19. The van der Waals surface area contributed by atoms with E-state index in [-0.39, 0.29) is 6.04 Å². The van der Waals surface area contributed by atoms with Crippen molar-refractivity contribution in [1.82, 2.24) is 10.3 Å². The highest BCUT2D eigenvalue weighted by Gasteiger charge is 2.17. The second kappa shape index (κ2) is 6.86. The van der Waals surface area contributed by atoms with Crippen LogP contribution in [0.2, 0.25) is 0 Å². The number of thiazole rings is 1. The van der Waals surface area contributed by atoms with Crippen molar-refractivity contribution in [3.8, 4) is 5.75 Å². The minimum Gasteiger partial charge on any atom is -0.494 e. The van der Waals surface area contributed by atoms with Gasteiger partial charge in [-0.1, -0.05) is 26.0 Å². The normalized spacial score (nSPS) is 12.7. The molecular formula is C16H22N2OS. The van der Waals surface area contributed by atoms with E-state index in [9.17, 15) is 0 Å². The molecule has 3 nitrogen and oxygen atoms in total. The zero-order chi connectivity index (χ0) is 14.5. The summed E-state index contributed by atoms with van der Waals surface area (Å²) in [7, 11) is 1.97. The summed E-state index contributed by atoms with van der Waals surface area (Å²) in [5.74, 6) is 1.38. The first-order valence-corrected chi connectivity index (χ1v) is 7.89. The van der Waals surface area contributed by atoms with Crippen LogP contribution in [0.4, 0.5) is 0 Å². The fraction of sp³-hybridized carbons (Fsp3) is 0.438. The third-order valence-corrected chi connectivity index (χ3v) is 4.12. The summed E-state index contributed by atoms with van der Waals surface area (Å²) in [6.07, 6.45) is 0. The number of hydrogen-bond acceptors (Lipinski definition) is 4. The van der Waals surface area contributed by atoms with E-state index in [4.69, 9.17) is 9.72 Å². The summed E-state index contributed by atoms with van der Waals surface area (Å²) in [5, 5.41) is 6.61. The Morgan fingerprint density at radius 1 is 1.25 bits per heavy atom. The summed E-state index contributed by atoms with van der Waals surface area (Å²) in [5.41, 5.74) is 2.37. The number of ether oxygens (including phenoxy) is 1.